The molecule has 15 heavy (non-hydrogen) atoms. The SMILES string of the molecule is Cc1cc(N2CC(C)CC(N)C2)ccn1. The molecule has 0 amide bonds. The van der Waals surface area contributed by atoms with Crippen LogP contribution in [0.25, 0.3) is 0 Å². The summed E-state index contributed by atoms with van der Waals surface area (Å²) in [6.07, 6.45) is 3.01. The van der Waals surface area contributed by atoms with E-state index in [0.717, 1.165) is 25.2 Å². The molecule has 0 bridgehead atoms. The lowest BCUT2D eigenvalue weighted by molar-refractivity contribution is 0.401. The number of pyridine rings is 1. The molecular formula is C12H19N3. The van der Waals surface area contributed by atoms with Crippen molar-refractivity contribution in [1.82, 2.24) is 4.98 Å². The van der Waals surface area contributed by atoms with Crippen LogP contribution in [-0.4, -0.2) is 24.1 Å². The van der Waals surface area contributed by atoms with Gasteiger partial charge in [0.25, 0.3) is 0 Å². The van der Waals surface area contributed by atoms with Gasteiger partial charge in [0.1, 0.15) is 0 Å². The van der Waals surface area contributed by atoms with Crippen LogP contribution in [0.1, 0.15) is 19.0 Å². The minimum absolute atomic E-state index is 0.308. The van der Waals surface area contributed by atoms with Crippen LogP contribution in [0.3, 0.4) is 0 Å². The van der Waals surface area contributed by atoms with Gasteiger partial charge < -0.3 is 10.6 Å². The first-order valence-electron chi connectivity index (χ1n) is 5.58. The van der Waals surface area contributed by atoms with Crippen LogP contribution >= 0.6 is 0 Å². The van der Waals surface area contributed by atoms with Crippen LogP contribution < -0.4 is 10.6 Å². The average Bonchev–Trinajstić information content (AvgIpc) is 2.16. The number of aromatic nitrogens is 1. The van der Waals surface area contributed by atoms with Crippen molar-refractivity contribution < 1.29 is 0 Å². The first kappa shape index (κ1) is 10.4. The summed E-state index contributed by atoms with van der Waals surface area (Å²) in [7, 11) is 0. The summed E-state index contributed by atoms with van der Waals surface area (Å²) >= 11 is 0. The van der Waals surface area contributed by atoms with Gasteiger partial charge in [0.2, 0.25) is 0 Å². The normalized spacial score (nSPS) is 26.7. The smallest absolute Gasteiger partial charge is 0.0400 e. The molecule has 1 aromatic heterocycles. The Morgan fingerprint density at radius 1 is 1.47 bits per heavy atom. The molecule has 1 fully saturated rings. The van der Waals surface area contributed by atoms with Crippen molar-refractivity contribution in [3.8, 4) is 0 Å². The number of hydrogen-bond acceptors (Lipinski definition) is 3. The molecule has 3 nitrogen and oxygen atoms in total. The van der Waals surface area contributed by atoms with Crippen molar-refractivity contribution in [2.75, 3.05) is 18.0 Å². The molecule has 2 rings (SSSR count). The highest BCUT2D eigenvalue weighted by Gasteiger charge is 2.22. The topological polar surface area (TPSA) is 42.1 Å². The van der Waals surface area contributed by atoms with Crippen LogP contribution in [0.5, 0.6) is 0 Å². The van der Waals surface area contributed by atoms with Crippen molar-refractivity contribution >= 4 is 5.69 Å². The van der Waals surface area contributed by atoms with E-state index in [1.54, 1.807) is 0 Å². The first-order chi connectivity index (χ1) is 7.15. The molecule has 0 saturated carbocycles. The van der Waals surface area contributed by atoms with Crippen LogP contribution in [0.4, 0.5) is 5.69 Å². The predicted molar refractivity (Wildman–Crippen MR) is 62.9 cm³/mol. The summed E-state index contributed by atoms with van der Waals surface area (Å²) in [4.78, 5) is 6.58. The zero-order chi connectivity index (χ0) is 10.8. The van der Waals surface area contributed by atoms with E-state index in [4.69, 9.17) is 5.73 Å². The Morgan fingerprint density at radius 2 is 2.27 bits per heavy atom. The highest BCUT2D eigenvalue weighted by atomic mass is 15.2. The summed E-state index contributed by atoms with van der Waals surface area (Å²) < 4.78 is 0. The van der Waals surface area contributed by atoms with E-state index in [-0.39, 0.29) is 0 Å². The van der Waals surface area contributed by atoms with E-state index in [1.165, 1.54) is 5.69 Å². The second-order valence-corrected chi connectivity index (χ2v) is 4.66. The van der Waals surface area contributed by atoms with Crippen molar-refractivity contribution in [2.45, 2.75) is 26.3 Å². The van der Waals surface area contributed by atoms with Crippen molar-refractivity contribution in [3.05, 3.63) is 24.0 Å². The quantitative estimate of drug-likeness (QED) is 0.756. The van der Waals surface area contributed by atoms with Gasteiger partial charge in [0.05, 0.1) is 0 Å². The maximum atomic E-state index is 6.03. The van der Waals surface area contributed by atoms with E-state index in [9.17, 15) is 0 Å². The summed E-state index contributed by atoms with van der Waals surface area (Å²) in [5, 5.41) is 0. The van der Waals surface area contributed by atoms with E-state index < -0.39 is 0 Å². The van der Waals surface area contributed by atoms with E-state index in [1.807, 2.05) is 13.1 Å². The number of nitrogens with two attached hydrogens (primary N) is 1. The molecule has 2 heterocycles. The van der Waals surface area contributed by atoms with Gasteiger partial charge in [-0.3, -0.25) is 4.98 Å². The Hall–Kier alpha value is -1.09. The fourth-order valence-corrected chi connectivity index (χ4v) is 2.34. The van der Waals surface area contributed by atoms with Crippen molar-refractivity contribution in [1.29, 1.82) is 0 Å². The van der Waals surface area contributed by atoms with Crippen molar-refractivity contribution in [3.63, 3.8) is 0 Å². The van der Waals surface area contributed by atoms with Gasteiger partial charge in [-0.15, -0.1) is 0 Å². The maximum Gasteiger partial charge on any atom is 0.0400 e. The van der Waals surface area contributed by atoms with Crippen LogP contribution in [0.15, 0.2) is 18.3 Å². The molecule has 0 spiro atoms. The first-order valence-corrected chi connectivity index (χ1v) is 5.58. The molecule has 1 saturated heterocycles. The third-order valence-electron chi connectivity index (χ3n) is 2.94. The minimum atomic E-state index is 0.308. The molecular weight excluding hydrogens is 186 g/mol. The molecule has 2 atom stereocenters. The highest BCUT2D eigenvalue weighted by Crippen LogP contribution is 2.22. The Morgan fingerprint density at radius 3 is 2.93 bits per heavy atom. The molecule has 0 aliphatic carbocycles. The lowest BCUT2D eigenvalue weighted by Crippen LogP contribution is -2.46. The highest BCUT2D eigenvalue weighted by molar-refractivity contribution is 5.47. The van der Waals surface area contributed by atoms with E-state index in [0.29, 0.717) is 12.0 Å². The van der Waals surface area contributed by atoms with E-state index in [2.05, 4.69) is 28.9 Å². The zero-order valence-corrected chi connectivity index (χ0v) is 9.48. The van der Waals surface area contributed by atoms with Gasteiger partial charge in [0.15, 0.2) is 0 Å². The fraction of sp³-hybridized carbons (Fsp3) is 0.583. The Bertz CT molecular complexity index is 327. The molecule has 2 unspecified atom stereocenters. The number of hydrogen-bond donors (Lipinski definition) is 1. The maximum absolute atomic E-state index is 6.03. The zero-order valence-electron chi connectivity index (χ0n) is 9.48. The Balaban J connectivity index is 2.16. The third kappa shape index (κ3) is 2.48. The average molecular weight is 205 g/mol. The standard InChI is InChI=1S/C12H19N3/c1-9-5-11(13)8-15(7-9)12-3-4-14-10(2)6-12/h3-4,6,9,11H,5,7-8,13H2,1-2H3. The third-order valence-corrected chi connectivity index (χ3v) is 2.94. The van der Waals surface area contributed by atoms with Gasteiger partial charge in [-0.1, -0.05) is 6.92 Å². The van der Waals surface area contributed by atoms with Gasteiger partial charge >= 0.3 is 0 Å². The number of anilines is 1. The van der Waals surface area contributed by atoms with Crippen molar-refractivity contribution in [2.24, 2.45) is 11.7 Å². The molecule has 2 N–H and O–H groups in total. The molecule has 82 valence electrons. The largest absolute Gasteiger partial charge is 0.370 e. The summed E-state index contributed by atoms with van der Waals surface area (Å²) in [5.74, 6) is 0.683. The summed E-state index contributed by atoms with van der Waals surface area (Å²) in [5.41, 5.74) is 8.36. The lowest BCUT2D eigenvalue weighted by atomic mass is 9.96. The second-order valence-electron chi connectivity index (χ2n) is 4.66. The molecule has 0 radical (unpaired) electrons. The minimum Gasteiger partial charge on any atom is -0.370 e. The van der Waals surface area contributed by atoms with Crippen LogP contribution in [0, 0.1) is 12.8 Å². The monoisotopic (exact) mass is 205 g/mol. The van der Waals surface area contributed by atoms with Gasteiger partial charge in [0, 0.05) is 36.7 Å². The molecule has 1 aromatic rings. The fourth-order valence-electron chi connectivity index (χ4n) is 2.34. The second kappa shape index (κ2) is 4.19. The molecule has 1 aliphatic heterocycles. The number of aryl methyl sites for hydroxylation is 1. The van der Waals surface area contributed by atoms with E-state index >= 15 is 0 Å². The number of rotatable bonds is 1. The molecule has 3 heteroatoms. The summed E-state index contributed by atoms with van der Waals surface area (Å²) in [6.45, 7) is 6.36. The van der Waals surface area contributed by atoms with Crippen LogP contribution in [-0.2, 0) is 0 Å². The van der Waals surface area contributed by atoms with Gasteiger partial charge in [-0.2, -0.15) is 0 Å². The lowest BCUT2D eigenvalue weighted by Gasteiger charge is -2.36. The molecule has 0 aromatic carbocycles. The Labute approximate surface area is 91.3 Å². The number of piperidine rings is 1. The predicted octanol–water partition coefficient (Wildman–Crippen LogP) is 1.56. The Kier molecular flexibility index (Phi) is 2.91. The van der Waals surface area contributed by atoms with Gasteiger partial charge in [-0.25, -0.2) is 0 Å². The summed E-state index contributed by atoms with van der Waals surface area (Å²) in [6, 6.07) is 4.50. The van der Waals surface area contributed by atoms with Gasteiger partial charge in [-0.05, 0) is 31.4 Å². The van der Waals surface area contributed by atoms with Crippen LogP contribution in [0.2, 0.25) is 0 Å². The number of nitrogens with zero attached hydrogens (tertiary/aromatic N) is 2. The molecule has 1 aliphatic rings.